The van der Waals surface area contributed by atoms with E-state index in [4.69, 9.17) is 4.74 Å². The molecule has 6 nitrogen and oxygen atoms in total. The molecular weight excluding hydrogens is 246 g/mol. The average Bonchev–Trinajstić information content (AvgIpc) is 2.83. The van der Waals surface area contributed by atoms with Gasteiger partial charge in [0.1, 0.15) is 11.4 Å². The van der Waals surface area contributed by atoms with E-state index in [1.165, 1.54) is 11.9 Å². The van der Waals surface area contributed by atoms with Crippen LogP contribution in [0.1, 0.15) is 30.4 Å². The lowest BCUT2D eigenvalue weighted by Gasteiger charge is -2.05. The van der Waals surface area contributed by atoms with Crippen LogP contribution in [0, 0.1) is 0 Å². The van der Waals surface area contributed by atoms with Crippen LogP contribution in [0.25, 0.3) is 11.3 Å². The third-order valence-corrected chi connectivity index (χ3v) is 2.66. The minimum absolute atomic E-state index is 0.0124. The lowest BCUT2D eigenvalue weighted by Crippen LogP contribution is -2.06. The molecule has 0 saturated carbocycles. The maximum absolute atomic E-state index is 11.3. The lowest BCUT2D eigenvalue weighted by molar-refractivity contribution is 0.0690. The molecule has 0 aliphatic carbocycles. The van der Waals surface area contributed by atoms with Crippen molar-refractivity contribution in [1.82, 2.24) is 15.0 Å². The summed E-state index contributed by atoms with van der Waals surface area (Å²) in [7, 11) is 1.53. The molecule has 0 unspecified atom stereocenters. The van der Waals surface area contributed by atoms with Gasteiger partial charge in [0.05, 0.1) is 13.2 Å². The molecule has 2 aromatic rings. The van der Waals surface area contributed by atoms with E-state index in [2.05, 4.69) is 10.2 Å². The highest BCUT2D eigenvalue weighted by molar-refractivity contribution is 5.93. The van der Waals surface area contributed by atoms with Gasteiger partial charge in [-0.1, -0.05) is 12.1 Å². The molecule has 0 fully saturated rings. The fraction of sp³-hybridized carbons (Fsp3) is 0.308. The minimum Gasteiger partial charge on any atom is -0.496 e. The van der Waals surface area contributed by atoms with E-state index >= 15 is 0 Å². The molecule has 2 rings (SSSR count). The Morgan fingerprint density at radius 1 is 1.32 bits per heavy atom. The summed E-state index contributed by atoms with van der Waals surface area (Å²) < 4.78 is 5.23. The summed E-state index contributed by atoms with van der Waals surface area (Å²) in [5.41, 5.74) is 0.867. The summed E-state index contributed by atoms with van der Waals surface area (Å²) in [6, 6.07) is 7.13. The van der Waals surface area contributed by atoms with Gasteiger partial charge in [-0.3, -0.25) is 0 Å². The predicted octanol–water partition coefficient (Wildman–Crippen LogP) is 2.23. The van der Waals surface area contributed by atoms with Crippen LogP contribution in [0.3, 0.4) is 0 Å². The largest absolute Gasteiger partial charge is 0.496 e. The van der Waals surface area contributed by atoms with E-state index in [-0.39, 0.29) is 11.7 Å². The van der Waals surface area contributed by atoms with Gasteiger partial charge in [0.2, 0.25) is 0 Å². The van der Waals surface area contributed by atoms with Crippen LogP contribution in [-0.4, -0.2) is 33.2 Å². The number of carboxylic acids is 1. The second-order valence-electron chi connectivity index (χ2n) is 4.32. The quantitative estimate of drug-likeness (QED) is 0.913. The molecule has 1 heterocycles. The minimum atomic E-state index is -1.10. The Hall–Kier alpha value is -2.37. The summed E-state index contributed by atoms with van der Waals surface area (Å²) in [4.78, 5) is 12.7. The second kappa shape index (κ2) is 5.09. The number of hydrogen-bond donors (Lipinski definition) is 1. The van der Waals surface area contributed by atoms with Crippen molar-refractivity contribution in [3.05, 3.63) is 30.0 Å². The van der Waals surface area contributed by atoms with Gasteiger partial charge in [0, 0.05) is 5.56 Å². The molecule has 1 N–H and O–H groups in total. The molecule has 0 spiro atoms. The van der Waals surface area contributed by atoms with Crippen LogP contribution in [-0.2, 0) is 0 Å². The van der Waals surface area contributed by atoms with E-state index in [9.17, 15) is 9.90 Å². The highest BCUT2D eigenvalue weighted by atomic mass is 16.5. The smallest absolute Gasteiger partial charge is 0.358 e. The molecule has 1 aromatic carbocycles. The van der Waals surface area contributed by atoms with E-state index in [1.54, 1.807) is 18.2 Å². The summed E-state index contributed by atoms with van der Waals surface area (Å²) in [6.07, 6.45) is 0. The first-order valence-corrected chi connectivity index (χ1v) is 5.88. The monoisotopic (exact) mass is 261 g/mol. The number of aromatic carboxylic acids is 1. The third-order valence-electron chi connectivity index (χ3n) is 2.66. The molecule has 0 saturated heterocycles. The Balaban J connectivity index is 2.63. The first-order valence-electron chi connectivity index (χ1n) is 5.88. The van der Waals surface area contributed by atoms with Gasteiger partial charge in [-0.2, -0.15) is 9.90 Å². The van der Waals surface area contributed by atoms with Gasteiger partial charge in [0.15, 0.2) is 5.69 Å². The highest BCUT2D eigenvalue weighted by Crippen LogP contribution is 2.30. The average molecular weight is 261 g/mol. The number of methoxy groups -OCH3 is 1. The fourth-order valence-corrected chi connectivity index (χ4v) is 1.72. The first kappa shape index (κ1) is 13.1. The molecule has 0 amide bonds. The van der Waals surface area contributed by atoms with Crippen molar-refractivity contribution in [3.8, 4) is 17.0 Å². The van der Waals surface area contributed by atoms with Gasteiger partial charge in [0.25, 0.3) is 0 Å². The zero-order chi connectivity index (χ0) is 14.0. The van der Waals surface area contributed by atoms with Gasteiger partial charge >= 0.3 is 5.97 Å². The van der Waals surface area contributed by atoms with Gasteiger partial charge < -0.3 is 9.84 Å². The maximum atomic E-state index is 11.3. The fourth-order valence-electron chi connectivity index (χ4n) is 1.72. The second-order valence-corrected chi connectivity index (χ2v) is 4.32. The Bertz CT molecular complexity index is 605. The molecule has 0 aliphatic rings. The van der Waals surface area contributed by atoms with E-state index < -0.39 is 5.97 Å². The topological polar surface area (TPSA) is 77.2 Å². The molecule has 0 aliphatic heterocycles. The summed E-state index contributed by atoms with van der Waals surface area (Å²) in [5, 5.41) is 17.5. The van der Waals surface area contributed by atoms with Crippen molar-refractivity contribution in [2.45, 2.75) is 19.9 Å². The summed E-state index contributed by atoms with van der Waals surface area (Å²) in [5.74, 6) is -0.534. The number of nitrogens with zero attached hydrogens (tertiary/aromatic N) is 3. The van der Waals surface area contributed by atoms with Crippen LogP contribution >= 0.6 is 0 Å². The number of benzene rings is 1. The number of carboxylic acid groups (broad SMARTS) is 1. The normalized spacial score (nSPS) is 10.7. The Morgan fingerprint density at radius 2 is 2.00 bits per heavy atom. The van der Waals surface area contributed by atoms with Crippen molar-refractivity contribution in [1.29, 1.82) is 0 Å². The molecule has 19 heavy (non-hydrogen) atoms. The van der Waals surface area contributed by atoms with E-state index in [0.29, 0.717) is 17.0 Å². The van der Waals surface area contributed by atoms with Crippen molar-refractivity contribution in [2.75, 3.05) is 7.11 Å². The zero-order valence-electron chi connectivity index (χ0n) is 11.0. The van der Waals surface area contributed by atoms with Crippen molar-refractivity contribution >= 4 is 5.97 Å². The standard InChI is InChI=1S/C13H15N3O3/c1-8(2)16-14-11(12(15-16)13(17)18)9-6-4-5-7-10(9)19-3/h4-8H,1-3H3,(H,17,18). The molecule has 0 bridgehead atoms. The van der Waals surface area contributed by atoms with Crippen LogP contribution in [0.2, 0.25) is 0 Å². The predicted molar refractivity (Wildman–Crippen MR) is 69.4 cm³/mol. The van der Waals surface area contributed by atoms with Crippen LogP contribution in [0.15, 0.2) is 24.3 Å². The van der Waals surface area contributed by atoms with Crippen molar-refractivity contribution < 1.29 is 14.6 Å². The number of ether oxygens (including phenoxy) is 1. The Morgan fingerprint density at radius 3 is 2.58 bits per heavy atom. The molecule has 6 heteroatoms. The molecular formula is C13H15N3O3. The van der Waals surface area contributed by atoms with Crippen molar-refractivity contribution in [3.63, 3.8) is 0 Å². The number of carbonyl (C=O) groups is 1. The molecule has 0 radical (unpaired) electrons. The van der Waals surface area contributed by atoms with Crippen LogP contribution in [0.4, 0.5) is 0 Å². The number of hydrogen-bond acceptors (Lipinski definition) is 4. The Kier molecular flexibility index (Phi) is 3.50. The number of rotatable bonds is 4. The molecule has 0 atom stereocenters. The van der Waals surface area contributed by atoms with Gasteiger partial charge in [-0.25, -0.2) is 4.79 Å². The van der Waals surface area contributed by atoms with Crippen LogP contribution < -0.4 is 4.74 Å². The first-order chi connectivity index (χ1) is 9.04. The van der Waals surface area contributed by atoms with Crippen molar-refractivity contribution in [2.24, 2.45) is 0 Å². The number of aromatic nitrogens is 3. The molecule has 100 valence electrons. The zero-order valence-corrected chi connectivity index (χ0v) is 11.0. The third kappa shape index (κ3) is 2.42. The SMILES string of the molecule is COc1ccccc1-c1nn(C(C)C)nc1C(=O)O. The maximum Gasteiger partial charge on any atom is 0.358 e. The van der Waals surface area contributed by atoms with Gasteiger partial charge in [-0.05, 0) is 26.0 Å². The Labute approximate surface area is 110 Å². The van der Waals surface area contributed by atoms with Crippen LogP contribution in [0.5, 0.6) is 5.75 Å². The summed E-state index contributed by atoms with van der Waals surface area (Å²) in [6.45, 7) is 3.77. The van der Waals surface area contributed by atoms with E-state index in [0.717, 1.165) is 0 Å². The van der Waals surface area contributed by atoms with Gasteiger partial charge in [-0.15, -0.1) is 5.10 Å². The summed E-state index contributed by atoms with van der Waals surface area (Å²) >= 11 is 0. The number of para-hydroxylation sites is 1. The highest BCUT2D eigenvalue weighted by Gasteiger charge is 2.22. The lowest BCUT2D eigenvalue weighted by atomic mass is 10.1. The van der Waals surface area contributed by atoms with E-state index in [1.807, 2.05) is 19.9 Å². The molecule has 1 aromatic heterocycles.